The van der Waals surface area contributed by atoms with Gasteiger partial charge in [-0.05, 0) is 71.7 Å². The van der Waals surface area contributed by atoms with Crippen molar-refractivity contribution in [2.45, 2.75) is 59.2 Å². The van der Waals surface area contributed by atoms with E-state index in [-0.39, 0.29) is 30.2 Å². The summed E-state index contributed by atoms with van der Waals surface area (Å²) in [5, 5.41) is 7.03. The van der Waals surface area contributed by atoms with Gasteiger partial charge >= 0.3 is 18.2 Å². The highest BCUT2D eigenvalue weighted by atomic mass is 16.6. The minimum atomic E-state index is -0.765. The molecule has 0 aliphatic carbocycles. The van der Waals surface area contributed by atoms with Crippen molar-refractivity contribution in [1.29, 1.82) is 0 Å². The molecule has 0 aliphatic heterocycles. The first-order valence-electron chi connectivity index (χ1n) is 13.5. The zero-order chi connectivity index (χ0) is 31.9. The fourth-order valence-corrected chi connectivity index (χ4v) is 3.78. The van der Waals surface area contributed by atoms with E-state index in [4.69, 9.17) is 24.9 Å². The van der Waals surface area contributed by atoms with Crippen molar-refractivity contribution in [3.63, 3.8) is 0 Å². The molecule has 1 aromatic carbocycles. The quantitative estimate of drug-likeness (QED) is 0.199. The van der Waals surface area contributed by atoms with Crippen LogP contribution in [0.3, 0.4) is 0 Å². The van der Waals surface area contributed by atoms with Crippen molar-refractivity contribution in [2.24, 2.45) is 5.73 Å². The highest BCUT2D eigenvalue weighted by molar-refractivity contribution is 5.97. The van der Waals surface area contributed by atoms with Gasteiger partial charge in [0, 0.05) is 24.8 Å². The molecule has 3 N–H and O–H groups in total. The topological polar surface area (TPSA) is 177 Å². The van der Waals surface area contributed by atoms with Crippen LogP contribution in [0, 0.1) is 0 Å². The second-order valence-corrected chi connectivity index (χ2v) is 11.5. The van der Waals surface area contributed by atoms with Gasteiger partial charge in [0.05, 0.1) is 18.9 Å². The number of esters is 1. The summed E-state index contributed by atoms with van der Waals surface area (Å²) >= 11 is 0. The molecule has 0 bridgehead atoms. The van der Waals surface area contributed by atoms with E-state index in [0.717, 1.165) is 0 Å². The monoisotopic (exact) mass is 598 g/mol. The summed E-state index contributed by atoms with van der Waals surface area (Å²) in [6, 6.07) is 6.28. The van der Waals surface area contributed by atoms with Gasteiger partial charge in [0.25, 0.3) is 5.91 Å². The van der Waals surface area contributed by atoms with Gasteiger partial charge in [-0.1, -0.05) is 6.07 Å². The molecule has 3 rings (SSSR count). The fraction of sp³-hybridized carbons (Fsp3) is 0.448. The molecule has 3 amide bonds. The Morgan fingerprint density at radius 3 is 2.35 bits per heavy atom. The van der Waals surface area contributed by atoms with Crippen LogP contribution < -0.4 is 20.7 Å². The van der Waals surface area contributed by atoms with E-state index >= 15 is 0 Å². The lowest BCUT2D eigenvalue weighted by molar-refractivity contribution is -0.142. The van der Waals surface area contributed by atoms with E-state index in [1.54, 1.807) is 72.1 Å². The molecule has 14 heteroatoms. The second kappa shape index (κ2) is 13.4. The number of rotatable bonds is 10. The Labute approximate surface area is 249 Å². The van der Waals surface area contributed by atoms with Crippen molar-refractivity contribution >= 4 is 35.5 Å². The van der Waals surface area contributed by atoms with Gasteiger partial charge in [0.1, 0.15) is 22.8 Å². The third-order valence-electron chi connectivity index (χ3n) is 5.60. The Bertz CT molecular complexity index is 1490. The van der Waals surface area contributed by atoms with Gasteiger partial charge in [0.15, 0.2) is 12.3 Å². The Balaban J connectivity index is 1.93. The Kier molecular flexibility index (Phi) is 10.2. The van der Waals surface area contributed by atoms with Crippen LogP contribution in [0.25, 0.3) is 16.8 Å². The van der Waals surface area contributed by atoms with Crippen molar-refractivity contribution in [3.8, 4) is 16.9 Å². The normalized spacial score (nSPS) is 11.5. The van der Waals surface area contributed by atoms with Crippen molar-refractivity contribution in [3.05, 3.63) is 42.2 Å². The van der Waals surface area contributed by atoms with Gasteiger partial charge in [-0.25, -0.2) is 23.9 Å². The Morgan fingerprint density at radius 2 is 1.72 bits per heavy atom. The first-order valence-corrected chi connectivity index (χ1v) is 13.5. The number of amides is 3. The molecule has 0 saturated heterocycles. The number of hydrogen-bond donors (Lipinski definition) is 2. The number of hydrogen-bond acceptors (Lipinski definition) is 10. The van der Waals surface area contributed by atoms with Crippen LogP contribution in [0.15, 0.2) is 36.7 Å². The molecular formula is C29H38N6O8. The van der Waals surface area contributed by atoms with Crippen LogP contribution in [0.1, 0.15) is 58.3 Å². The number of nitrogens with zero attached hydrogens (tertiary/aromatic N) is 4. The molecule has 0 aliphatic rings. The zero-order valence-electron chi connectivity index (χ0n) is 25.4. The summed E-state index contributed by atoms with van der Waals surface area (Å²) in [6.45, 7) is 10.6. The summed E-state index contributed by atoms with van der Waals surface area (Å²) in [5.41, 5.74) is 5.67. The number of ether oxygens (including phenoxy) is 4. The molecule has 2 heterocycles. The number of carbonyl (C=O) groups excluding carboxylic acids is 4. The number of benzene rings is 1. The number of methoxy groups -OCH3 is 1. The maximum absolute atomic E-state index is 13.2. The van der Waals surface area contributed by atoms with Gasteiger partial charge in [-0.15, -0.1) is 0 Å². The lowest BCUT2D eigenvalue weighted by Crippen LogP contribution is -2.39. The fourth-order valence-electron chi connectivity index (χ4n) is 3.78. The lowest BCUT2D eigenvalue weighted by atomic mass is 10.1. The van der Waals surface area contributed by atoms with Crippen LogP contribution in [0.2, 0.25) is 0 Å². The highest BCUT2D eigenvalue weighted by Gasteiger charge is 2.25. The number of aromatic nitrogens is 3. The number of fused-ring (bicyclic) bond motifs is 1. The summed E-state index contributed by atoms with van der Waals surface area (Å²) in [4.78, 5) is 54.9. The molecule has 2 aromatic heterocycles. The van der Waals surface area contributed by atoms with Gasteiger partial charge in [-0.3, -0.25) is 9.69 Å². The molecule has 0 radical (unpaired) electrons. The molecule has 3 aromatic rings. The number of carbonyl (C=O) groups is 4. The van der Waals surface area contributed by atoms with Crippen molar-refractivity contribution in [2.75, 3.05) is 31.7 Å². The van der Waals surface area contributed by atoms with Gasteiger partial charge in [0.2, 0.25) is 0 Å². The van der Waals surface area contributed by atoms with Gasteiger partial charge in [-0.2, -0.15) is 5.10 Å². The third-order valence-corrected chi connectivity index (χ3v) is 5.60. The minimum absolute atomic E-state index is 0.0777. The molecule has 43 heavy (non-hydrogen) atoms. The van der Waals surface area contributed by atoms with E-state index in [0.29, 0.717) is 23.2 Å². The number of alkyl carbamates (subject to hydrolysis) is 1. The summed E-state index contributed by atoms with van der Waals surface area (Å²) in [5.74, 6) is -0.997. The van der Waals surface area contributed by atoms with E-state index in [9.17, 15) is 19.2 Å². The Hall–Kier alpha value is -4.88. The minimum Gasteiger partial charge on any atom is -0.481 e. The standard InChI is InChI=1S/C29H38N6O8/c1-28(2,3)42-26(38)31-12-8-13-34(27(39)43-29(4,5)6)22-11-14-35-25(33-22)20(16-32-35)18-9-10-19(24(30)37)21(15-18)41-17-23(36)40-7/h9-11,14-16H,8,12-13,17H2,1-7H3,(H2,30,37)(H,31,38). The maximum atomic E-state index is 13.2. The van der Waals surface area contributed by atoms with Crippen LogP contribution >= 0.6 is 0 Å². The molecule has 14 nitrogen and oxygen atoms in total. The molecule has 0 unspecified atom stereocenters. The maximum Gasteiger partial charge on any atom is 0.416 e. The first-order chi connectivity index (χ1) is 20.1. The van der Waals surface area contributed by atoms with Crippen molar-refractivity contribution in [1.82, 2.24) is 19.9 Å². The van der Waals surface area contributed by atoms with Crippen LogP contribution in [0.5, 0.6) is 5.75 Å². The molecule has 0 spiro atoms. The van der Waals surface area contributed by atoms with Crippen LogP contribution in [0.4, 0.5) is 15.4 Å². The molecule has 232 valence electrons. The summed E-state index contributed by atoms with van der Waals surface area (Å²) in [7, 11) is 1.22. The van der Waals surface area contributed by atoms with Gasteiger partial charge < -0.3 is 30.0 Å². The number of primary amides is 1. The summed E-state index contributed by atoms with van der Waals surface area (Å²) < 4.78 is 22.5. The molecular weight excluding hydrogens is 560 g/mol. The van der Waals surface area contributed by atoms with E-state index in [2.05, 4.69) is 15.2 Å². The number of nitrogens with two attached hydrogens (primary N) is 1. The third kappa shape index (κ3) is 9.31. The Morgan fingerprint density at radius 1 is 1.02 bits per heavy atom. The predicted molar refractivity (Wildman–Crippen MR) is 157 cm³/mol. The smallest absolute Gasteiger partial charge is 0.416 e. The number of nitrogens with one attached hydrogen (secondary N) is 1. The zero-order valence-corrected chi connectivity index (χ0v) is 25.4. The molecule has 0 saturated carbocycles. The summed E-state index contributed by atoms with van der Waals surface area (Å²) in [6.07, 6.45) is 2.42. The van der Waals surface area contributed by atoms with E-state index < -0.39 is 41.9 Å². The van der Waals surface area contributed by atoms with Crippen molar-refractivity contribution < 1.29 is 38.1 Å². The molecule has 0 atom stereocenters. The number of anilines is 1. The van der Waals surface area contributed by atoms with E-state index in [1.807, 2.05) is 0 Å². The van der Waals surface area contributed by atoms with E-state index in [1.165, 1.54) is 22.6 Å². The lowest BCUT2D eigenvalue weighted by Gasteiger charge is -2.27. The predicted octanol–water partition coefficient (Wildman–Crippen LogP) is 3.70. The second-order valence-electron chi connectivity index (χ2n) is 11.5. The first kappa shape index (κ1) is 32.6. The average molecular weight is 599 g/mol. The SMILES string of the molecule is COC(=O)COc1cc(-c2cnn3ccc(N(CCCNC(=O)OC(C)(C)C)C(=O)OC(C)(C)C)nc23)ccc1C(N)=O. The average Bonchev–Trinajstić information content (AvgIpc) is 3.32. The van der Waals surface area contributed by atoms with Crippen LogP contribution in [-0.4, -0.2) is 76.7 Å². The largest absolute Gasteiger partial charge is 0.481 e. The highest BCUT2D eigenvalue weighted by Crippen LogP contribution is 2.30. The molecule has 0 fully saturated rings. The van der Waals surface area contributed by atoms with Crippen LogP contribution in [-0.2, 0) is 19.0 Å².